The largest absolute Gasteiger partial charge is 0.448 e. The Balaban J connectivity index is 1.28. The summed E-state index contributed by atoms with van der Waals surface area (Å²) in [6.45, 7) is 1.88. The number of ether oxygens (including phenoxy) is 1. The average Bonchev–Trinajstić information content (AvgIpc) is 3.11. The summed E-state index contributed by atoms with van der Waals surface area (Å²) >= 11 is 0. The fraction of sp³-hybridized carbons (Fsp3) is 0.250. The normalized spacial score (nSPS) is 18.0. The fourth-order valence-corrected chi connectivity index (χ4v) is 4.44. The van der Waals surface area contributed by atoms with Crippen LogP contribution in [0, 0.1) is 5.82 Å². The summed E-state index contributed by atoms with van der Waals surface area (Å²) in [5.74, 6) is -0.347. The number of hydrogen-bond donors (Lipinski definition) is 1. The monoisotopic (exact) mass is 403 g/mol. The van der Waals surface area contributed by atoms with Crippen molar-refractivity contribution in [2.24, 2.45) is 0 Å². The third-order valence-electron chi connectivity index (χ3n) is 5.90. The van der Waals surface area contributed by atoms with Gasteiger partial charge in [0, 0.05) is 31.7 Å². The first-order valence-corrected chi connectivity index (χ1v) is 10.1. The van der Waals surface area contributed by atoms with Gasteiger partial charge in [0.1, 0.15) is 12.4 Å². The van der Waals surface area contributed by atoms with Crippen LogP contribution in [0.4, 0.5) is 9.18 Å². The van der Waals surface area contributed by atoms with Crippen LogP contribution < -0.4 is 5.32 Å². The van der Waals surface area contributed by atoms with Gasteiger partial charge >= 0.3 is 6.09 Å². The summed E-state index contributed by atoms with van der Waals surface area (Å²) in [6.07, 6.45) is 2.46. The van der Waals surface area contributed by atoms with Gasteiger partial charge in [-0.1, -0.05) is 48.5 Å². The van der Waals surface area contributed by atoms with Crippen LogP contribution in [0.2, 0.25) is 0 Å². The van der Waals surface area contributed by atoms with Gasteiger partial charge in [-0.25, -0.2) is 9.18 Å². The zero-order valence-corrected chi connectivity index (χ0v) is 16.4. The number of carbonyl (C=O) groups is 1. The third-order valence-corrected chi connectivity index (χ3v) is 5.90. The van der Waals surface area contributed by atoms with Crippen molar-refractivity contribution < 1.29 is 13.9 Å². The SMILES string of the molecule is O=C(OCC1c2ccccc2-c2ccccc21)N1CCNC(c2cncc(F)c2)C1. The predicted molar refractivity (Wildman–Crippen MR) is 112 cm³/mol. The fourth-order valence-electron chi connectivity index (χ4n) is 4.44. The predicted octanol–water partition coefficient (Wildman–Crippen LogP) is 4.12. The number of fused-ring (bicyclic) bond motifs is 3. The second-order valence-electron chi connectivity index (χ2n) is 7.69. The number of carbonyl (C=O) groups excluding carboxylic acids is 1. The number of nitrogens with one attached hydrogen (secondary N) is 1. The van der Waals surface area contributed by atoms with E-state index in [2.05, 4.69) is 34.6 Å². The van der Waals surface area contributed by atoms with E-state index in [9.17, 15) is 9.18 Å². The molecule has 0 radical (unpaired) electrons. The van der Waals surface area contributed by atoms with Gasteiger partial charge < -0.3 is 15.0 Å². The number of pyridine rings is 1. The molecule has 0 saturated carbocycles. The van der Waals surface area contributed by atoms with Crippen LogP contribution in [0.25, 0.3) is 11.1 Å². The molecule has 2 aromatic carbocycles. The molecular formula is C24H22FN3O2. The van der Waals surface area contributed by atoms with Gasteiger partial charge in [-0.2, -0.15) is 0 Å². The molecule has 1 amide bonds. The van der Waals surface area contributed by atoms with Crippen molar-refractivity contribution in [2.45, 2.75) is 12.0 Å². The van der Waals surface area contributed by atoms with Crippen molar-refractivity contribution >= 4 is 6.09 Å². The molecule has 1 N–H and O–H groups in total. The molecule has 152 valence electrons. The van der Waals surface area contributed by atoms with Crippen molar-refractivity contribution in [3.63, 3.8) is 0 Å². The highest BCUT2D eigenvalue weighted by molar-refractivity contribution is 5.79. The summed E-state index contributed by atoms with van der Waals surface area (Å²) in [5, 5.41) is 3.31. The van der Waals surface area contributed by atoms with Crippen LogP contribution in [0.3, 0.4) is 0 Å². The summed E-state index contributed by atoms with van der Waals surface area (Å²) in [7, 11) is 0. The Hall–Kier alpha value is -3.25. The van der Waals surface area contributed by atoms with Crippen LogP contribution in [0.5, 0.6) is 0 Å². The van der Waals surface area contributed by atoms with E-state index < -0.39 is 0 Å². The first-order valence-electron chi connectivity index (χ1n) is 10.1. The van der Waals surface area contributed by atoms with Gasteiger partial charge in [-0.05, 0) is 33.9 Å². The maximum atomic E-state index is 13.5. The molecule has 1 atom stereocenters. The van der Waals surface area contributed by atoms with Crippen molar-refractivity contribution in [1.82, 2.24) is 15.2 Å². The molecule has 1 unspecified atom stereocenters. The van der Waals surface area contributed by atoms with Crippen LogP contribution in [-0.4, -0.2) is 42.2 Å². The van der Waals surface area contributed by atoms with E-state index >= 15 is 0 Å². The van der Waals surface area contributed by atoms with Crippen molar-refractivity contribution in [2.75, 3.05) is 26.2 Å². The smallest absolute Gasteiger partial charge is 0.409 e. The quantitative estimate of drug-likeness (QED) is 0.715. The zero-order chi connectivity index (χ0) is 20.5. The van der Waals surface area contributed by atoms with Gasteiger partial charge in [0.25, 0.3) is 0 Å². The van der Waals surface area contributed by atoms with E-state index in [-0.39, 0.29) is 23.9 Å². The van der Waals surface area contributed by atoms with Gasteiger partial charge in [0.05, 0.1) is 12.2 Å². The Labute approximate surface area is 174 Å². The Morgan fingerprint density at radius 2 is 1.80 bits per heavy atom. The van der Waals surface area contributed by atoms with E-state index in [0.717, 1.165) is 5.56 Å². The molecule has 5 rings (SSSR count). The molecule has 1 aliphatic heterocycles. The van der Waals surface area contributed by atoms with Gasteiger partial charge in [-0.3, -0.25) is 4.98 Å². The summed E-state index contributed by atoms with van der Waals surface area (Å²) in [6, 6.07) is 17.8. The molecule has 6 heteroatoms. The van der Waals surface area contributed by atoms with Gasteiger partial charge in [0.15, 0.2) is 0 Å². The number of hydrogen-bond acceptors (Lipinski definition) is 4. The first kappa shape index (κ1) is 18.8. The highest BCUT2D eigenvalue weighted by Gasteiger charge is 2.31. The highest BCUT2D eigenvalue weighted by atomic mass is 19.1. The number of aromatic nitrogens is 1. The van der Waals surface area contributed by atoms with Crippen molar-refractivity contribution in [3.05, 3.63) is 89.5 Å². The van der Waals surface area contributed by atoms with E-state index in [1.807, 2.05) is 24.3 Å². The van der Waals surface area contributed by atoms with Gasteiger partial charge in [-0.15, -0.1) is 0 Å². The summed E-state index contributed by atoms with van der Waals surface area (Å²) < 4.78 is 19.3. The molecule has 1 aromatic heterocycles. The topological polar surface area (TPSA) is 54.5 Å². The lowest BCUT2D eigenvalue weighted by atomic mass is 9.98. The molecular weight excluding hydrogens is 381 g/mol. The minimum absolute atomic E-state index is 0.0347. The number of piperazine rings is 1. The van der Waals surface area contributed by atoms with E-state index in [1.54, 1.807) is 11.1 Å². The second-order valence-corrected chi connectivity index (χ2v) is 7.69. The molecule has 0 spiro atoms. The molecule has 1 saturated heterocycles. The van der Waals surface area contributed by atoms with Crippen LogP contribution in [0.15, 0.2) is 67.0 Å². The maximum absolute atomic E-state index is 13.5. The first-order chi connectivity index (χ1) is 14.7. The standard InChI is InChI=1S/C24H22FN3O2/c25-17-11-16(12-26-13-17)23-14-28(10-9-27-23)24(29)30-15-22-20-7-3-1-5-18(20)19-6-2-4-8-21(19)22/h1-8,11-13,22-23,27H,9-10,14-15H2. The zero-order valence-electron chi connectivity index (χ0n) is 16.4. The third kappa shape index (κ3) is 3.44. The maximum Gasteiger partial charge on any atom is 0.409 e. The van der Waals surface area contributed by atoms with Crippen molar-refractivity contribution in [1.29, 1.82) is 0 Å². The summed E-state index contributed by atoms with van der Waals surface area (Å²) in [4.78, 5) is 18.4. The molecule has 3 aromatic rings. The number of halogens is 1. The van der Waals surface area contributed by atoms with Gasteiger partial charge in [0.2, 0.25) is 0 Å². The second kappa shape index (κ2) is 7.88. The summed E-state index contributed by atoms with van der Waals surface area (Å²) in [5.41, 5.74) is 5.52. The van der Waals surface area contributed by atoms with Crippen LogP contribution >= 0.6 is 0 Å². The number of amides is 1. The molecule has 5 nitrogen and oxygen atoms in total. The van der Waals surface area contributed by atoms with Crippen molar-refractivity contribution in [3.8, 4) is 11.1 Å². The molecule has 1 aliphatic carbocycles. The lowest BCUT2D eigenvalue weighted by Gasteiger charge is -2.33. The molecule has 2 aliphatic rings. The van der Waals surface area contributed by atoms with Crippen LogP contribution in [-0.2, 0) is 4.74 Å². The molecule has 30 heavy (non-hydrogen) atoms. The molecule has 0 bridgehead atoms. The number of nitrogens with zero attached hydrogens (tertiary/aromatic N) is 2. The lowest BCUT2D eigenvalue weighted by Crippen LogP contribution is -2.48. The minimum atomic E-state index is -0.382. The molecule has 2 heterocycles. The van der Waals surface area contributed by atoms with E-state index in [4.69, 9.17) is 4.74 Å². The van der Waals surface area contributed by atoms with Crippen LogP contribution in [0.1, 0.15) is 28.7 Å². The average molecular weight is 403 g/mol. The Bertz CT molecular complexity index is 1040. The highest BCUT2D eigenvalue weighted by Crippen LogP contribution is 2.44. The number of benzene rings is 2. The number of rotatable bonds is 3. The Morgan fingerprint density at radius 3 is 2.50 bits per heavy atom. The lowest BCUT2D eigenvalue weighted by molar-refractivity contribution is 0.0882. The Morgan fingerprint density at radius 1 is 1.10 bits per heavy atom. The van der Waals surface area contributed by atoms with E-state index in [1.165, 1.54) is 34.5 Å². The minimum Gasteiger partial charge on any atom is -0.448 e. The molecule has 1 fully saturated rings. The Kier molecular flexibility index (Phi) is 4.93. The van der Waals surface area contributed by atoms with E-state index in [0.29, 0.717) is 26.2 Å².